The zero-order valence-electron chi connectivity index (χ0n) is 17.4. The zero-order chi connectivity index (χ0) is 20.5. The molecule has 0 spiro atoms. The molecular formula is C22H29N7O. The summed E-state index contributed by atoms with van der Waals surface area (Å²) >= 11 is 0. The normalized spacial score (nSPS) is 23.1. The number of rotatable bonds is 4. The first-order chi connectivity index (χ1) is 14.7. The van der Waals surface area contributed by atoms with E-state index in [1.165, 1.54) is 11.9 Å². The molecular weight excluding hydrogens is 378 g/mol. The fourth-order valence-corrected chi connectivity index (χ4v) is 4.55. The lowest BCUT2D eigenvalue weighted by atomic mass is 10.1. The number of anilines is 1. The smallest absolute Gasteiger partial charge is 0.164 e. The van der Waals surface area contributed by atoms with E-state index in [0.29, 0.717) is 11.9 Å². The summed E-state index contributed by atoms with van der Waals surface area (Å²) in [6.45, 7) is 7.77. The van der Waals surface area contributed by atoms with E-state index in [4.69, 9.17) is 15.6 Å². The number of ether oxygens (including phenoxy) is 1. The number of hydrogen-bond donors (Lipinski definition) is 2. The summed E-state index contributed by atoms with van der Waals surface area (Å²) in [4.78, 5) is 11.2. The monoisotopic (exact) mass is 407 g/mol. The minimum atomic E-state index is 0.284. The highest BCUT2D eigenvalue weighted by Crippen LogP contribution is 2.33. The number of nitrogen functional groups attached to an aromatic ring is 1. The van der Waals surface area contributed by atoms with Gasteiger partial charge in [-0.15, -0.1) is 0 Å². The summed E-state index contributed by atoms with van der Waals surface area (Å²) in [7, 11) is 0. The Balaban J connectivity index is 1.45. The average molecular weight is 408 g/mol. The van der Waals surface area contributed by atoms with Crippen LogP contribution in [0, 0.1) is 0 Å². The molecule has 3 N–H and O–H groups in total. The molecule has 30 heavy (non-hydrogen) atoms. The van der Waals surface area contributed by atoms with Crippen molar-refractivity contribution < 1.29 is 4.74 Å². The Morgan fingerprint density at radius 3 is 2.87 bits per heavy atom. The molecule has 8 nitrogen and oxygen atoms in total. The maximum atomic E-state index is 6.27. The number of hydrogen-bond acceptors (Lipinski definition) is 7. The van der Waals surface area contributed by atoms with Gasteiger partial charge in [-0.1, -0.05) is 24.3 Å². The van der Waals surface area contributed by atoms with E-state index in [9.17, 15) is 0 Å². The van der Waals surface area contributed by atoms with Crippen LogP contribution in [0.25, 0.3) is 22.3 Å². The molecule has 2 fully saturated rings. The number of benzene rings is 1. The quantitative estimate of drug-likeness (QED) is 0.685. The van der Waals surface area contributed by atoms with Gasteiger partial charge in [-0.05, 0) is 31.9 Å². The Kier molecular flexibility index (Phi) is 5.37. The fraction of sp³-hybridized carbons (Fsp3) is 0.500. The number of aromatic nitrogens is 4. The van der Waals surface area contributed by atoms with E-state index in [1.54, 1.807) is 0 Å². The summed E-state index contributed by atoms with van der Waals surface area (Å²) in [5.41, 5.74) is 10.3. The van der Waals surface area contributed by atoms with Crippen molar-refractivity contribution in [3.63, 3.8) is 0 Å². The first-order valence-electron chi connectivity index (χ1n) is 10.8. The lowest BCUT2D eigenvalue weighted by molar-refractivity contribution is -0.0212. The van der Waals surface area contributed by atoms with Crippen LogP contribution in [0.15, 0.2) is 30.6 Å². The van der Waals surface area contributed by atoms with Crippen LogP contribution in [0.3, 0.4) is 0 Å². The SMILES string of the molecule is CC1CN(Cc2ccc(-c3nn([C@@H]4CCCNC4)c4ncnc(N)c34)cc2)CCO1. The highest BCUT2D eigenvalue weighted by atomic mass is 16.5. The maximum absolute atomic E-state index is 6.27. The molecule has 0 radical (unpaired) electrons. The maximum Gasteiger partial charge on any atom is 0.164 e. The lowest BCUT2D eigenvalue weighted by Crippen LogP contribution is -2.40. The highest BCUT2D eigenvalue weighted by Gasteiger charge is 2.23. The van der Waals surface area contributed by atoms with Crippen molar-refractivity contribution in [3.8, 4) is 11.3 Å². The molecule has 2 aromatic heterocycles. The van der Waals surface area contributed by atoms with Gasteiger partial charge in [0, 0.05) is 31.7 Å². The molecule has 0 aliphatic carbocycles. The van der Waals surface area contributed by atoms with Gasteiger partial charge in [0.15, 0.2) is 5.65 Å². The van der Waals surface area contributed by atoms with E-state index in [1.807, 2.05) is 4.68 Å². The number of nitrogens with two attached hydrogens (primary N) is 1. The van der Waals surface area contributed by atoms with E-state index >= 15 is 0 Å². The summed E-state index contributed by atoms with van der Waals surface area (Å²) in [5, 5.41) is 9.27. The third kappa shape index (κ3) is 3.78. The molecule has 3 aromatic rings. The zero-order valence-corrected chi connectivity index (χ0v) is 17.4. The topological polar surface area (TPSA) is 94.1 Å². The molecule has 2 saturated heterocycles. The van der Waals surface area contributed by atoms with E-state index in [-0.39, 0.29) is 6.04 Å². The summed E-state index contributed by atoms with van der Waals surface area (Å²) in [6.07, 6.45) is 4.05. The van der Waals surface area contributed by atoms with Crippen molar-refractivity contribution in [1.82, 2.24) is 30.0 Å². The molecule has 0 bridgehead atoms. The van der Waals surface area contributed by atoms with E-state index < -0.39 is 0 Å². The molecule has 2 aliphatic rings. The van der Waals surface area contributed by atoms with Gasteiger partial charge < -0.3 is 15.8 Å². The van der Waals surface area contributed by atoms with Gasteiger partial charge in [0.05, 0.1) is 24.1 Å². The van der Waals surface area contributed by atoms with Crippen LogP contribution in [0.5, 0.6) is 0 Å². The molecule has 5 rings (SSSR count). The van der Waals surface area contributed by atoms with Gasteiger partial charge >= 0.3 is 0 Å². The second-order valence-corrected chi connectivity index (χ2v) is 8.36. The number of nitrogens with one attached hydrogen (secondary N) is 1. The van der Waals surface area contributed by atoms with Gasteiger partial charge in [-0.25, -0.2) is 14.6 Å². The van der Waals surface area contributed by atoms with Gasteiger partial charge in [0.1, 0.15) is 17.8 Å². The summed E-state index contributed by atoms with van der Waals surface area (Å²) < 4.78 is 7.69. The largest absolute Gasteiger partial charge is 0.383 e. The predicted molar refractivity (Wildman–Crippen MR) is 117 cm³/mol. The molecule has 158 valence electrons. The minimum absolute atomic E-state index is 0.284. The third-order valence-corrected chi connectivity index (χ3v) is 6.09. The van der Waals surface area contributed by atoms with E-state index in [0.717, 1.165) is 74.5 Å². The van der Waals surface area contributed by atoms with Gasteiger partial charge in [-0.3, -0.25) is 4.90 Å². The molecule has 4 heterocycles. The Bertz CT molecular complexity index is 1010. The summed E-state index contributed by atoms with van der Waals surface area (Å²) in [5.74, 6) is 0.483. The molecule has 2 atom stereocenters. The van der Waals surface area contributed by atoms with Crippen LogP contribution >= 0.6 is 0 Å². The van der Waals surface area contributed by atoms with Crippen molar-refractivity contribution >= 4 is 16.9 Å². The van der Waals surface area contributed by atoms with Crippen LogP contribution in [0.1, 0.15) is 31.4 Å². The standard InChI is InChI=1S/C22H29N7O/c1-15-12-28(9-10-30-15)13-16-4-6-17(7-5-16)20-19-21(23)25-14-26-22(19)29(27-20)18-3-2-8-24-11-18/h4-7,14-15,18,24H,2-3,8-13H2,1H3,(H2,23,25,26)/t15?,18-/m1/s1. The van der Waals surface area contributed by atoms with E-state index in [2.05, 4.69) is 51.4 Å². The first kappa shape index (κ1) is 19.4. The van der Waals surface area contributed by atoms with Crippen LogP contribution < -0.4 is 11.1 Å². The first-order valence-corrected chi connectivity index (χ1v) is 10.8. The Morgan fingerprint density at radius 2 is 2.10 bits per heavy atom. The van der Waals surface area contributed by atoms with Crippen molar-refractivity contribution in [3.05, 3.63) is 36.2 Å². The third-order valence-electron chi connectivity index (χ3n) is 6.09. The van der Waals surface area contributed by atoms with Gasteiger partial charge in [0.25, 0.3) is 0 Å². The molecule has 1 unspecified atom stereocenters. The minimum Gasteiger partial charge on any atom is -0.383 e. The Labute approximate surface area is 176 Å². The summed E-state index contributed by atoms with van der Waals surface area (Å²) in [6, 6.07) is 8.92. The molecule has 1 aromatic carbocycles. The highest BCUT2D eigenvalue weighted by molar-refractivity contribution is 5.98. The Hall–Kier alpha value is -2.55. The number of morpholine rings is 1. The molecule has 2 aliphatic heterocycles. The average Bonchev–Trinajstić information content (AvgIpc) is 3.16. The lowest BCUT2D eigenvalue weighted by Gasteiger charge is -2.31. The fourth-order valence-electron chi connectivity index (χ4n) is 4.55. The van der Waals surface area contributed by atoms with Crippen LogP contribution in [0.4, 0.5) is 5.82 Å². The molecule has 0 saturated carbocycles. The van der Waals surface area contributed by atoms with Crippen molar-refractivity contribution in [2.24, 2.45) is 0 Å². The second kappa shape index (κ2) is 8.29. The van der Waals surface area contributed by atoms with Crippen molar-refractivity contribution in [2.45, 2.75) is 38.5 Å². The van der Waals surface area contributed by atoms with Gasteiger partial charge in [-0.2, -0.15) is 5.10 Å². The molecule has 0 amide bonds. The predicted octanol–water partition coefficient (Wildman–Crippen LogP) is 2.22. The number of piperidine rings is 1. The number of fused-ring (bicyclic) bond motifs is 1. The van der Waals surface area contributed by atoms with Gasteiger partial charge in [0.2, 0.25) is 0 Å². The van der Waals surface area contributed by atoms with Crippen LogP contribution in [-0.4, -0.2) is 63.5 Å². The molecule has 8 heteroatoms. The Morgan fingerprint density at radius 1 is 1.23 bits per heavy atom. The van der Waals surface area contributed by atoms with Crippen molar-refractivity contribution in [1.29, 1.82) is 0 Å². The van der Waals surface area contributed by atoms with Crippen LogP contribution in [0.2, 0.25) is 0 Å². The van der Waals surface area contributed by atoms with Crippen LogP contribution in [-0.2, 0) is 11.3 Å². The van der Waals surface area contributed by atoms with Crippen molar-refractivity contribution in [2.75, 3.05) is 38.5 Å². The number of nitrogens with zero attached hydrogens (tertiary/aromatic N) is 5. The second-order valence-electron chi connectivity index (χ2n) is 8.36.